The molecule has 0 saturated heterocycles. The molecule has 0 amide bonds. The number of hydrogen-bond acceptors (Lipinski definition) is 4. The largest absolute Gasteiger partial charge is 0.383 e. The predicted molar refractivity (Wildman–Crippen MR) is 64.4 cm³/mol. The Morgan fingerprint density at radius 2 is 2.12 bits per heavy atom. The third-order valence-electron chi connectivity index (χ3n) is 1.83. The predicted octanol–water partition coefficient (Wildman–Crippen LogP) is 0.586. The normalized spacial score (nSPS) is 13.9. The Morgan fingerprint density at radius 3 is 2.69 bits per heavy atom. The van der Waals surface area contributed by atoms with Crippen LogP contribution in [-0.4, -0.2) is 53.0 Å². The van der Waals surface area contributed by atoms with E-state index in [2.05, 4.69) is 4.72 Å². The van der Waals surface area contributed by atoms with Crippen molar-refractivity contribution in [3.05, 3.63) is 0 Å². The number of rotatable bonds is 10. The minimum atomic E-state index is -3.24. The van der Waals surface area contributed by atoms with Crippen molar-refractivity contribution in [1.29, 1.82) is 0 Å². The molecule has 98 valence electrons. The molecule has 0 bridgehead atoms. The van der Waals surface area contributed by atoms with Crippen LogP contribution < -0.4 is 4.72 Å². The molecule has 0 radical (unpaired) electrons. The van der Waals surface area contributed by atoms with Gasteiger partial charge in [-0.05, 0) is 13.3 Å². The Bertz CT molecular complexity index is 258. The maximum atomic E-state index is 11.4. The number of sulfonamides is 1. The number of alkyl halides is 1. The van der Waals surface area contributed by atoms with Gasteiger partial charge in [-0.3, -0.25) is 0 Å². The maximum Gasteiger partial charge on any atom is 0.213 e. The fourth-order valence-corrected chi connectivity index (χ4v) is 2.17. The van der Waals surface area contributed by atoms with Gasteiger partial charge >= 0.3 is 0 Å². The fraction of sp³-hybridized carbons (Fsp3) is 1.00. The van der Waals surface area contributed by atoms with Crippen LogP contribution in [0.25, 0.3) is 0 Å². The topological polar surface area (TPSA) is 64.6 Å². The molecule has 0 aliphatic rings. The van der Waals surface area contributed by atoms with Crippen LogP contribution in [0.3, 0.4) is 0 Å². The number of ether oxygens (including phenoxy) is 2. The smallest absolute Gasteiger partial charge is 0.213 e. The van der Waals surface area contributed by atoms with Gasteiger partial charge in [0, 0.05) is 20.3 Å². The molecule has 0 aromatic rings. The van der Waals surface area contributed by atoms with Crippen LogP contribution >= 0.6 is 11.6 Å². The van der Waals surface area contributed by atoms with Gasteiger partial charge in [0.05, 0.1) is 24.3 Å². The summed E-state index contributed by atoms with van der Waals surface area (Å²) in [7, 11) is -1.68. The van der Waals surface area contributed by atoms with Gasteiger partial charge < -0.3 is 9.47 Å². The lowest BCUT2D eigenvalue weighted by molar-refractivity contribution is 0.163. The Hall–Kier alpha value is 0.120. The Morgan fingerprint density at radius 1 is 1.44 bits per heavy atom. The lowest BCUT2D eigenvalue weighted by atomic mass is 10.3. The molecule has 1 atom stereocenters. The summed E-state index contributed by atoms with van der Waals surface area (Å²) in [6, 6.07) is 0. The van der Waals surface area contributed by atoms with Crippen molar-refractivity contribution in [2.45, 2.75) is 18.7 Å². The van der Waals surface area contributed by atoms with Crippen LogP contribution in [0.1, 0.15) is 13.3 Å². The van der Waals surface area contributed by atoms with E-state index in [1.165, 1.54) is 0 Å². The summed E-state index contributed by atoms with van der Waals surface area (Å²) < 4.78 is 35.0. The highest BCUT2D eigenvalue weighted by molar-refractivity contribution is 7.89. The van der Waals surface area contributed by atoms with E-state index < -0.39 is 10.0 Å². The van der Waals surface area contributed by atoms with Crippen LogP contribution in [0.2, 0.25) is 0 Å². The van der Waals surface area contributed by atoms with Gasteiger partial charge in [0.25, 0.3) is 0 Å². The van der Waals surface area contributed by atoms with Gasteiger partial charge in [-0.2, -0.15) is 0 Å². The highest BCUT2D eigenvalue weighted by Gasteiger charge is 2.10. The molecule has 0 heterocycles. The van der Waals surface area contributed by atoms with Crippen molar-refractivity contribution in [1.82, 2.24) is 4.72 Å². The van der Waals surface area contributed by atoms with Gasteiger partial charge in [0.1, 0.15) is 0 Å². The zero-order chi connectivity index (χ0) is 12.4. The van der Waals surface area contributed by atoms with E-state index in [0.29, 0.717) is 26.2 Å². The van der Waals surface area contributed by atoms with E-state index in [4.69, 9.17) is 21.1 Å². The third-order valence-corrected chi connectivity index (χ3v) is 3.52. The first-order valence-corrected chi connectivity index (χ1v) is 7.28. The van der Waals surface area contributed by atoms with Crippen LogP contribution in [0.4, 0.5) is 0 Å². The first-order valence-electron chi connectivity index (χ1n) is 5.20. The van der Waals surface area contributed by atoms with Gasteiger partial charge in [0.15, 0.2) is 0 Å². The van der Waals surface area contributed by atoms with Crippen LogP contribution in [0.5, 0.6) is 0 Å². The van der Waals surface area contributed by atoms with E-state index in [1.807, 2.05) is 6.92 Å². The zero-order valence-electron chi connectivity index (χ0n) is 9.74. The molecule has 16 heavy (non-hydrogen) atoms. The van der Waals surface area contributed by atoms with Crippen molar-refractivity contribution in [3.63, 3.8) is 0 Å². The van der Waals surface area contributed by atoms with E-state index in [9.17, 15) is 8.42 Å². The van der Waals surface area contributed by atoms with Crippen molar-refractivity contribution in [3.8, 4) is 0 Å². The lowest BCUT2D eigenvalue weighted by Crippen LogP contribution is -2.30. The first kappa shape index (κ1) is 16.1. The summed E-state index contributed by atoms with van der Waals surface area (Å²) in [5.41, 5.74) is 0. The number of hydrogen-bond donors (Lipinski definition) is 1. The molecule has 0 fully saturated rings. The minimum absolute atomic E-state index is 0.0158. The van der Waals surface area contributed by atoms with E-state index >= 15 is 0 Å². The van der Waals surface area contributed by atoms with E-state index in [1.54, 1.807) is 7.11 Å². The van der Waals surface area contributed by atoms with Crippen molar-refractivity contribution in [2.24, 2.45) is 0 Å². The summed E-state index contributed by atoms with van der Waals surface area (Å²) in [4.78, 5) is 0. The average molecular weight is 274 g/mol. The van der Waals surface area contributed by atoms with Gasteiger partial charge in [-0.25, -0.2) is 13.1 Å². The molecule has 0 aliphatic carbocycles. The molecule has 0 aromatic heterocycles. The summed E-state index contributed by atoms with van der Waals surface area (Å²) in [5, 5.41) is -0.167. The molecule has 5 nitrogen and oxygen atoms in total. The van der Waals surface area contributed by atoms with Crippen molar-refractivity contribution < 1.29 is 17.9 Å². The van der Waals surface area contributed by atoms with Crippen LogP contribution in [0.15, 0.2) is 0 Å². The van der Waals surface area contributed by atoms with Crippen LogP contribution in [-0.2, 0) is 19.5 Å². The van der Waals surface area contributed by atoms with E-state index in [0.717, 1.165) is 0 Å². The zero-order valence-corrected chi connectivity index (χ0v) is 11.3. The molecule has 7 heteroatoms. The average Bonchev–Trinajstić information content (AvgIpc) is 2.18. The third kappa shape index (κ3) is 9.35. The maximum absolute atomic E-state index is 11.4. The summed E-state index contributed by atoms with van der Waals surface area (Å²) in [6.45, 7) is 3.30. The second-order valence-corrected chi connectivity index (χ2v) is 5.80. The Kier molecular flexibility index (Phi) is 9.25. The molecule has 0 saturated carbocycles. The SMILES string of the molecule is CCOCCS(=O)(=O)NCCC(Cl)COC. The summed E-state index contributed by atoms with van der Waals surface area (Å²) in [6.07, 6.45) is 0.545. The molecular weight excluding hydrogens is 254 g/mol. The summed E-state index contributed by atoms with van der Waals surface area (Å²) >= 11 is 5.85. The second-order valence-electron chi connectivity index (χ2n) is 3.25. The lowest BCUT2D eigenvalue weighted by Gasteiger charge is -2.09. The fourth-order valence-electron chi connectivity index (χ4n) is 1.02. The minimum Gasteiger partial charge on any atom is -0.383 e. The number of methoxy groups -OCH3 is 1. The molecule has 0 aromatic carbocycles. The molecular formula is C9H20ClNO4S. The first-order chi connectivity index (χ1) is 7.52. The number of nitrogens with one attached hydrogen (secondary N) is 1. The Balaban J connectivity index is 3.65. The molecule has 0 spiro atoms. The monoisotopic (exact) mass is 273 g/mol. The number of halogens is 1. The molecule has 0 rings (SSSR count). The van der Waals surface area contributed by atoms with Gasteiger partial charge in [0.2, 0.25) is 10.0 Å². The highest BCUT2D eigenvalue weighted by Crippen LogP contribution is 2.01. The van der Waals surface area contributed by atoms with Gasteiger partial charge in [-0.15, -0.1) is 11.6 Å². The quantitative estimate of drug-likeness (QED) is 0.467. The highest BCUT2D eigenvalue weighted by atomic mass is 35.5. The van der Waals surface area contributed by atoms with E-state index in [-0.39, 0.29) is 17.7 Å². The summed E-state index contributed by atoms with van der Waals surface area (Å²) in [5.74, 6) is -0.0158. The second kappa shape index (κ2) is 9.18. The Labute approximate surface area is 102 Å². The van der Waals surface area contributed by atoms with Crippen LogP contribution in [0, 0.1) is 0 Å². The molecule has 1 N–H and O–H groups in total. The molecule has 1 unspecified atom stereocenters. The van der Waals surface area contributed by atoms with Crippen molar-refractivity contribution in [2.75, 3.05) is 39.2 Å². The molecule has 0 aliphatic heterocycles. The van der Waals surface area contributed by atoms with Gasteiger partial charge in [-0.1, -0.05) is 0 Å². The van der Waals surface area contributed by atoms with Crippen molar-refractivity contribution >= 4 is 21.6 Å². The standard InChI is InChI=1S/C9H20ClNO4S/c1-3-15-6-7-16(12,13)11-5-4-9(10)8-14-2/h9,11H,3-8H2,1-2H3.